The number of hydrogen-bond acceptors (Lipinski definition) is 3. The fraction of sp³-hybridized carbons (Fsp3) is 0.333. The van der Waals surface area contributed by atoms with E-state index >= 15 is 0 Å². The van der Waals surface area contributed by atoms with Crippen molar-refractivity contribution < 1.29 is 14.7 Å². The quantitative estimate of drug-likeness (QED) is 0.869. The number of carbonyl (C=O) groups is 2. The fourth-order valence-corrected chi connectivity index (χ4v) is 2.70. The molecule has 1 heterocycles. The van der Waals surface area contributed by atoms with Gasteiger partial charge in [0.05, 0.1) is 6.54 Å². The van der Waals surface area contributed by atoms with Crippen molar-refractivity contribution in [3.8, 4) is 0 Å². The number of carboxylic acid groups (broad SMARTS) is 1. The summed E-state index contributed by atoms with van der Waals surface area (Å²) in [5.74, 6) is -1.13. The van der Waals surface area contributed by atoms with Gasteiger partial charge in [0, 0.05) is 22.6 Å². The first-order valence-electron chi connectivity index (χ1n) is 5.65. The van der Waals surface area contributed by atoms with E-state index in [-0.39, 0.29) is 19.0 Å². The van der Waals surface area contributed by atoms with Crippen molar-refractivity contribution in [2.24, 2.45) is 0 Å². The van der Waals surface area contributed by atoms with Crippen LogP contribution in [0.1, 0.15) is 5.56 Å². The first-order valence-corrected chi connectivity index (χ1v) is 6.82. The number of carbonyl (C=O) groups excluding carboxylic acids is 1. The van der Waals surface area contributed by atoms with Crippen LogP contribution in [0.15, 0.2) is 22.7 Å². The number of halogens is 2. The molecule has 2 N–H and O–H groups in total. The van der Waals surface area contributed by atoms with Crippen LogP contribution in [-0.2, 0) is 16.1 Å². The molecule has 1 unspecified atom stereocenters. The summed E-state index contributed by atoms with van der Waals surface area (Å²) in [6.45, 7) is 0.502. The largest absolute Gasteiger partial charge is 0.480 e. The minimum Gasteiger partial charge on any atom is -0.480 e. The van der Waals surface area contributed by atoms with Crippen LogP contribution in [0.4, 0.5) is 0 Å². The van der Waals surface area contributed by atoms with E-state index in [1.54, 1.807) is 11.0 Å². The van der Waals surface area contributed by atoms with Crippen LogP contribution >= 0.6 is 27.5 Å². The van der Waals surface area contributed by atoms with E-state index < -0.39 is 12.0 Å². The lowest BCUT2D eigenvalue weighted by atomic mass is 10.1. The molecule has 0 bridgehead atoms. The van der Waals surface area contributed by atoms with Gasteiger partial charge in [-0.3, -0.25) is 14.5 Å². The van der Waals surface area contributed by atoms with E-state index in [9.17, 15) is 9.59 Å². The Balaban J connectivity index is 2.18. The topological polar surface area (TPSA) is 69.6 Å². The molecular formula is C12H12BrClN2O3. The van der Waals surface area contributed by atoms with Crippen molar-refractivity contribution in [3.63, 3.8) is 0 Å². The number of benzene rings is 1. The number of nitrogens with zero attached hydrogens (tertiary/aromatic N) is 1. The minimum atomic E-state index is -0.951. The maximum atomic E-state index is 11.4. The van der Waals surface area contributed by atoms with Gasteiger partial charge >= 0.3 is 5.97 Å². The first kappa shape index (κ1) is 14.3. The van der Waals surface area contributed by atoms with Gasteiger partial charge in [-0.1, -0.05) is 33.6 Å². The molecule has 1 aliphatic rings. The summed E-state index contributed by atoms with van der Waals surface area (Å²) in [5, 5.41) is 12.2. The second-order valence-electron chi connectivity index (χ2n) is 4.30. The van der Waals surface area contributed by atoms with Gasteiger partial charge in [0.2, 0.25) is 5.91 Å². The molecule has 1 saturated heterocycles. The Morgan fingerprint density at radius 2 is 2.32 bits per heavy atom. The SMILES string of the molecule is O=C1CN(Cc2ccc(Br)cc2Cl)C(C(=O)O)CN1. The number of hydrogen-bond donors (Lipinski definition) is 2. The summed E-state index contributed by atoms with van der Waals surface area (Å²) in [4.78, 5) is 24.2. The number of piperazine rings is 1. The average Bonchev–Trinajstić information content (AvgIpc) is 2.32. The molecule has 2 rings (SSSR count). The second-order valence-corrected chi connectivity index (χ2v) is 5.62. The summed E-state index contributed by atoms with van der Waals surface area (Å²) >= 11 is 9.42. The van der Waals surface area contributed by atoms with E-state index in [1.165, 1.54) is 0 Å². The van der Waals surface area contributed by atoms with Gasteiger partial charge in [-0.15, -0.1) is 0 Å². The fourth-order valence-electron chi connectivity index (χ4n) is 1.97. The van der Waals surface area contributed by atoms with Crippen molar-refractivity contribution in [2.45, 2.75) is 12.6 Å². The molecule has 1 aromatic carbocycles. The molecule has 1 fully saturated rings. The molecule has 7 heteroatoms. The third kappa shape index (κ3) is 3.46. The lowest BCUT2D eigenvalue weighted by Gasteiger charge is -2.32. The molecule has 5 nitrogen and oxygen atoms in total. The number of rotatable bonds is 3. The molecule has 0 radical (unpaired) electrons. The molecule has 1 aliphatic heterocycles. The third-order valence-electron chi connectivity index (χ3n) is 2.95. The van der Waals surface area contributed by atoms with Crippen molar-refractivity contribution in [2.75, 3.05) is 13.1 Å². The lowest BCUT2D eigenvalue weighted by Crippen LogP contribution is -2.56. The van der Waals surface area contributed by atoms with Gasteiger partial charge in [-0.25, -0.2) is 0 Å². The Morgan fingerprint density at radius 3 is 2.95 bits per heavy atom. The third-order valence-corrected chi connectivity index (χ3v) is 3.80. The van der Waals surface area contributed by atoms with E-state index in [0.717, 1.165) is 10.0 Å². The van der Waals surface area contributed by atoms with Gasteiger partial charge in [-0.05, 0) is 17.7 Å². The number of aliphatic carboxylic acids is 1. The molecular weight excluding hydrogens is 336 g/mol. The highest BCUT2D eigenvalue weighted by Crippen LogP contribution is 2.23. The summed E-state index contributed by atoms with van der Waals surface area (Å²) in [6, 6.07) is 4.67. The second kappa shape index (κ2) is 5.90. The molecule has 1 atom stereocenters. The number of carboxylic acids is 1. The molecule has 19 heavy (non-hydrogen) atoms. The highest BCUT2D eigenvalue weighted by molar-refractivity contribution is 9.10. The molecule has 0 spiro atoms. The van der Waals surface area contributed by atoms with Crippen molar-refractivity contribution in [1.29, 1.82) is 0 Å². The minimum absolute atomic E-state index is 0.0589. The van der Waals surface area contributed by atoms with E-state index in [4.69, 9.17) is 16.7 Å². The maximum Gasteiger partial charge on any atom is 0.322 e. The van der Waals surface area contributed by atoms with Crippen LogP contribution < -0.4 is 5.32 Å². The zero-order chi connectivity index (χ0) is 14.0. The highest BCUT2D eigenvalue weighted by Gasteiger charge is 2.31. The van der Waals surface area contributed by atoms with Gasteiger partial charge < -0.3 is 10.4 Å². The molecule has 1 aromatic rings. The van der Waals surface area contributed by atoms with Crippen LogP contribution in [-0.4, -0.2) is 41.0 Å². The van der Waals surface area contributed by atoms with Gasteiger partial charge in [0.15, 0.2) is 0 Å². The predicted octanol–water partition coefficient (Wildman–Crippen LogP) is 1.49. The summed E-state index contributed by atoms with van der Waals surface area (Å²) in [5.41, 5.74) is 0.797. The van der Waals surface area contributed by atoms with Crippen LogP contribution in [0.3, 0.4) is 0 Å². The van der Waals surface area contributed by atoms with Gasteiger partial charge in [0.25, 0.3) is 0 Å². The Morgan fingerprint density at radius 1 is 1.58 bits per heavy atom. The molecule has 102 valence electrons. The maximum absolute atomic E-state index is 11.4. The van der Waals surface area contributed by atoms with Crippen molar-refractivity contribution in [1.82, 2.24) is 10.2 Å². The van der Waals surface area contributed by atoms with Gasteiger partial charge in [0.1, 0.15) is 6.04 Å². The van der Waals surface area contributed by atoms with Crippen LogP contribution in [0, 0.1) is 0 Å². The van der Waals surface area contributed by atoms with Crippen LogP contribution in [0.25, 0.3) is 0 Å². The Labute approximate surface area is 123 Å². The molecule has 0 saturated carbocycles. The normalized spacial score (nSPS) is 20.1. The lowest BCUT2D eigenvalue weighted by molar-refractivity contribution is -0.146. The molecule has 0 aromatic heterocycles. The number of amides is 1. The van der Waals surface area contributed by atoms with Crippen molar-refractivity contribution >= 4 is 39.4 Å². The predicted molar refractivity (Wildman–Crippen MR) is 74.0 cm³/mol. The van der Waals surface area contributed by atoms with Crippen LogP contribution in [0.5, 0.6) is 0 Å². The zero-order valence-electron chi connectivity index (χ0n) is 9.90. The standard InChI is InChI=1S/C12H12BrClN2O3/c13-8-2-1-7(9(14)3-8)5-16-6-11(17)15-4-10(16)12(18)19/h1-3,10H,4-6H2,(H,15,17)(H,18,19). The Hall–Kier alpha value is -1.11. The smallest absolute Gasteiger partial charge is 0.322 e. The summed E-state index contributed by atoms with van der Waals surface area (Å²) in [7, 11) is 0. The van der Waals surface area contributed by atoms with Crippen LogP contribution in [0.2, 0.25) is 5.02 Å². The molecule has 0 aliphatic carbocycles. The van der Waals surface area contributed by atoms with E-state index in [2.05, 4.69) is 21.2 Å². The summed E-state index contributed by atoms with van der Waals surface area (Å²) < 4.78 is 0.854. The van der Waals surface area contributed by atoms with E-state index in [0.29, 0.717) is 11.6 Å². The highest BCUT2D eigenvalue weighted by atomic mass is 79.9. The van der Waals surface area contributed by atoms with Crippen molar-refractivity contribution in [3.05, 3.63) is 33.3 Å². The first-order chi connectivity index (χ1) is 8.97. The monoisotopic (exact) mass is 346 g/mol. The van der Waals surface area contributed by atoms with E-state index in [1.807, 2.05) is 12.1 Å². The zero-order valence-corrected chi connectivity index (χ0v) is 12.2. The Bertz CT molecular complexity index is 524. The average molecular weight is 348 g/mol. The Kier molecular flexibility index (Phi) is 4.44. The summed E-state index contributed by atoms with van der Waals surface area (Å²) in [6.07, 6.45) is 0. The van der Waals surface area contributed by atoms with Gasteiger partial charge in [-0.2, -0.15) is 0 Å². The molecule has 1 amide bonds. The number of nitrogens with one attached hydrogen (secondary N) is 1.